The van der Waals surface area contributed by atoms with Gasteiger partial charge in [0.1, 0.15) is 11.4 Å². The SMILES string of the molecule is Cc1nonc1CC(=O)N1CCC(Cc2ccccn2)C1. The molecule has 0 aromatic carbocycles. The van der Waals surface area contributed by atoms with Crippen LogP contribution in [0.4, 0.5) is 0 Å². The highest BCUT2D eigenvalue weighted by Gasteiger charge is 2.27. The Balaban J connectivity index is 1.54. The molecule has 0 spiro atoms. The summed E-state index contributed by atoms with van der Waals surface area (Å²) in [5.41, 5.74) is 2.41. The molecule has 21 heavy (non-hydrogen) atoms. The van der Waals surface area contributed by atoms with Gasteiger partial charge in [-0.25, -0.2) is 4.63 Å². The number of amides is 1. The number of carbonyl (C=O) groups excluding carboxylic acids is 1. The van der Waals surface area contributed by atoms with Crippen LogP contribution in [0.1, 0.15) is 23.5 Å². The summed E-state index contributed by atoms with van der Waals surface area (Å²) in [6.45, 7) is 3.40. The second-order valence-electron chi connectivity index (χ2n) is 5.49. The fourth-order valence-electron chi connectivity index (χ4n) is 2.71. The Hall–Kier alpha value is -2.24. The molecule has 1 atom stereocenters. The smallest absolute Gasteiger partial charge is 0.228 e. The minimum atomic E-state index is 0.0947. The van der Waals surface area contributed by atoms with Crippen molar-refractivity contribution in [1.29, 1.82) is 0 Å². The molecule has 0 bridgehead atoms. The van der Waals surface area contributed by atoms with E-state index in [1.165, 1.54) is 0 Å². The first-order chi connectivity index (χ1) is 10.2. The topological polar surface area (TPSA) is 72.1 Å². The van der Waals surface area contributed by atoms with E-state index in [-0.39, 0.29) is 12.3 Å². The van der Waals surface area contributed by atoms with Crippen LogP contribution < -0.4 is 0 Å². The van der Waals surface area contributed by atoms with Crippen molar-refractivity contribution in [3.8, 4) is 0 Å². The maximum atomic E-state index is 12.3. The molecule has 0 aliphatic carbocycles. The van der Waals surface area contributed by atoms with Crippen molar-refractivity contribution in [2.45, 2.75) is 26.2 Å². The fourth-order valence-corrected chi connectivity index (χ4v) is 2.71. The van der Waals surface area contributed by atoms with Gasteiger partial charge in [0.25, 0.3) is 0 Å². The minimum absolute atomic E-state index is 0.0947. The van der Waals surface area contributed by atoms with Crippen molar-refractivity contribution in [2.24, 2.45) is 5.92 Å². The summed E-state index contributed by atoms with van der Waals surface area (Å²) in [5.74, 6) is 0.581. The van der Waals surface area contributed by atoms with E-state index in [1.54, 1.807) is 6.92 Å². The van der Waals surface area contributed by atoms with E-state index < -0.39 is 0 Å². The summed E-state index contributed by atoms with van der Waals surface area (Å²) >= 11 is 0. The number of pyridine rings is 1. The molecule has 1 aliphatic rings. The summed E-state index contributed by atoms with van der Waals surface area (Å²) < 4.78 is 4.63. The third-order valence-corrected chi connectivity index (χ3v) is 3.93. The van der Waals surface area contributed by atoms with Crippen molar-refractivity contribution < 1.29 is 9.42 Å². The first kappa shape index (κ1) is 13.7. The van der Waals surface area contributed by atoms with Gasteiger partial charge in [-0.2, -0.15) is 0 Å². The molecule has 6 heteroatoms. The van der Waals surface area contributed by atoms with E-state index in [0.717, 1.165) is 31.6 Å². The molecule has 110 valence electrons. The number of hydrogen-bond acceptors (Lipinski definition) is 5. The van der Waals surface area contributed by atoms with E-state index in [4.69, 9.17) is 0 Å². The van der Waals surface area contributed by atoms with E-state index in [2.05, 4.69) is 19.9 Å². The van der Waals surface area contributed by atoms with Gasteiger partial charge < -0.3 is 4.90 Å². The average Bonchev–Trinajstić information content (AvgIpc) is 3.10. The summed E-state index contributed by atoms with van der Waals surface area (Å²) in [6, 6.07) is 5.96. The number of nitrogens with zero attached hydrogens (tertiary/aromatic N) is 4. The van der Waals surface area contributed by atoms with Crippen molar-refractivity contribution in [3.63, 3.8) is 0 Å². The van der Waals surface area contributed by atoms with Crippen LogP contribution in [0.5, 0.6) is 0 Å². The van der Waals surface area contributed by atoms with Crippen molar-refractivity contribution in [2.75, 3.05) is 13.1 Å². The first-order valence-corrected chi connectivity index (χ1v) is 7.18. The van der Waals surface area contributed by atoms with Gasteiger partial charge in [0.2, 0.25) is 5.91 Å². The van der Waals surface area contributed by atoms with Crippen molar-refractivity contribution in [3.05, 3.63) is 41.5 Å². The summed E-state index contributed by atoms with van der Waals surface area (Å²) in [7, 11) is 0. The van der Waals surface area contributed by atoms with Gasteiger partial charge in [-0.1, -0.05) is 16.4 Å². The van der Waals surface area contributed by atoms with Crippen LogP contribution in [-0.4, -0.2) is 39.2 Å². The Kier molecular flexibility index (Phi) is 3.94. The Morgan fingerprint density at radius 1 is 1.43 bits per heavy atom. The lowest BCUT2D eigenvalue weighted by Gasteiger charge is -2.15. The highest BCUT2D eigenvalue weighted by atomic mass is 16.6. The summed E-state index contributed by atoms with van der Waals surface area (Å²) in [6.07, 6.45) is 4.03. The molecule has 1 aliphatic heterocycles. The van der Waals surface area contributed by atoms with Gasteiger partial charge in [0, 0.05) is 25.0 Å². The van der Waals surface area contributed by atoms with Crippen molar-refractivity contribution in [1.82, 2.24) is 20.2 Å². The number of carbonyl (C=O) groups is 1. The van der Waals surface area contributed by atoms with Gasteiger partial charge in [0.05, 0.1) is 6.42 Å². The molecule has 0 N–H and O–H groups in total. The Morgan fingerprint density at radius 2 is 2.33 bits per heavy atom. The van der Waals surface area contributed by atoms with E-state index in [9.17, 15) is 4.79 Å². The lowest BCUT2D eigenvalue weighted by atomic mass is 10.0. The van der Waals surface area contributed by atoms with Gasteiger partial charge in [-0.15, -0.1) is 0 Å². The quantitative estimate of drug-likeness (QED) is 0.849. The monoisotopic (exact) mass is 286 g/mol. The zero-order chi connectivity index (χ0) is 14.7. The Bertz CT molecular complexity index is 611. The van der Waals surface area contributed by atoms with Gasteiger partial charge in [-0.05, 0) is 37.8 Å². The lowest BCUT2D eigenvalue weighted by Crippen LogP contribution is -2.30. The number of aromatic nitrogens is 3. The molecule has 1 fully saturated rings. The van der Waals surface area contributed by atoms with Crippen LogP contribution in [0.15, 0.2) is 29.0 Å². The molecular formula is C15H18N4O2. The first-order valence-electron chi connectivity index (χ1n) is 7.18. The van der Waals surface area contributed by atoms with Crippen LogP contribution in [0.3, 0.4) is 0 Å². The predicted molar refractivity (Wildman–Crippen MR) is 75.4 cm³/mol. The molecule has 2 aromatic rings. The largest absolute Gasteiger partial charge is 0.342 e. The highest BCUT2D eigenvalue weighted by Crippen LogP contribution is 2.21. The van der Waals surface area contributed by atoms with Crippen LogP contribution >= 0.6 is 0 Å². The maximum absolute atomic E-state index is 12.3. The van der Waals surface area contributed by atoms with Crippen LogP contribution in [0, 0.1) is 12.8 Å². The molecule has 1 unspecified atom stereocenters. The number of likely N-dealkylation sites (tertiary alicyclic amines) is 1. The van der Waals surface area contributed by atoms with E-state index in [0.29, 0.717) is 17.3 Å². The maximum Gasteiger partial charge on any atom is 0.228 e. The second kappa shape index (κ2) is 6.03. The molecule has 0 saturated carbocycles. The molecule has 0 radical (unpaired) electrons. The van der Waals surface area contributed by atoms with Crippen LogP contribution in [-0.2, 0) is 17.6 Å². The third-order valence-electron chi connectivity index (χ3n) is 3.93. The Labute approximate surface area is 123 Å². The number of hydrogen-bond donors (Lipinski definition) is 0. The summed E-state index contributed by atoms with van der Waals surface area (Å²) in [5, 5.41) is 7.47. The lowest BCUT2D eigenvalue weighted by molar-refractivity contribution is -0.129. The molecule has 1 saturated heterocycles. The number of aryl methyl sites for hydroxylation is 1. The fraction of sp³-hybridized carbons (Fsp3) is 0.467. The van der Waals surface area contributed by atoms with Gasteiger partial charge in [0.15, 0.2) is 0 Å². The molecule has 6 nitrogen and oxygen atoms in total. The van der Waals surface area contributed by atoms with Crippen LogP contribution in [0.2, 0.25) is 0 Å². The zero-order valence-corrected chi connectivity index (χ0v) is 12.0. The molecule has 1 amide bonds. The molecule has 3 heterocycles. The third kappa shape index (κ3) is 3.26. The van der Waals surface area contributed by atoms with E-state index in [1.807, 2.05) is 29.3 Å². The molecule has 3 rings (SSSR count). The standard InChI is InChI=1S/C15H18N4O2/c1-11-14(18-21-17-11)9-15(20)19-7-5-12(10-19)8-13-4-2-3-6-16-13/h2-4,6,12H,5,7-10H2,1H3. The van der Waals surface area contributed by atoms with Crippen molar-refractivity contribution >= 4 is 5.91 Å². The predicted octanol–water partition coefficient (Wildman–Crippen LogP) is 1.41. The van der Waals surface area contributed by atoms with E-state index >= 15 is 0 Å². The molecule has 2 aromatic heterocycles. The van der Waals surface area contributed by atoms with Gasteiger partial charge in [-0.3, -0.25) is 9.78 Å². The Morgan fingerprint density at radius 3 is 3.05 bits per heavy atom. The normalized spacial score (nSPS) is 18.1. The van der Waals surface area contributed by atoms with Crippen LogP contribution in [0.25, 0.3) is 0 Å². The highest BCUT2D eigenvalue weighted by molar-refractivity contribution is 5.78. The average molecular weight is 286 g/mol. The summed E-state index contributed by atoms with van der Waals surface area (Å²) in [4.78, 5) is 18.5. The minimum Gasteiger partial charge on any atom is -0.342 e. The zero-order valence-electron chi connectivity index (χ0n) is 12.0. The molecular weight excluding hydrogens is 268 g/mol. The number of rotatable bonds is 4. The van der Waals surface area contributed by atoms with Gasteiger partial charge >= 0.3 is 0 Å². The second-order valence-corrected chi connectivity index (χ2v) is 5.49.